The smallest absolute Gasteiger partial charge is 0.264 e. The molecule has 0 amide bonds. The van der Waals surface area contributed by atoms with Crippen molar-refractivity contribution in [3.63, 3.8) is 0 Å². The van der Waals surface area contributed by atoms with Crippen LogP contribution < -0.4 is 0 Å². The lowest BCUT2D eigenvalue weighted by Gasteiger charge is -2.26. The van der Waals surface area contributed by atoms with Crippen LogP contribution in [0.25, 0.3) is 0 Å². The Morgan fingerprint density at radius 3 is 2.58 bits per heavy atom. The molecule has 1 aromatic carbocycles. The van der Waals surface area contributed by atoms with E-state index in [9.17, 15) is 8.42 Å². The minimum Gasteiger partial charge on any atom is -0.267 e. The summed E-state index contributed by atoms with van der Waals surface area (Å²) in [6, 6.07) is 7.22. The topological polar surface area (TPSA) is 37.4 Å². The summed E-state index contributed by atoms with van der Waals surface area (Å²) in [5.41, 5.74) is 1.83. The number of sulfonamides is 1. The highest BCUT2D eigenvalue weighted by Gasteiger charge is 2.45. The second kappa shape index (κ2) is 4.37. The molecule has 102 valence electrons. The van der Waals surface area contributed by atoms with Crippen molar-refractivity contribution in [3.8, 4) is 0 Å². The third kappa shape index (κ3) is 1.98. The highest BCUT2D eigenvalue weighted by atomic mass is 32.2. The molecule has 1 heterocycles. The molecule has 1 aliphatic heterocycles. The molecule has 2 unspecified atom stereocenters. The Kier molecular flexibility index (Phi) is 2.93. The van der Waals surface area contributed by atoms with Gasteiger partial charge < -0.3 is 0 Å². The normalized spacial score (nSPS) is 26.8. The summed E-state index contributed by atoms with van der Waals surface area (Å²) in [6.45, 7) is 5.93. The third-order valence-corrected chi connectivity index (χ3v) is 6.22. The SMILES string of the molecule is C=C1CC2CCCC2N1S(=O)(=O)c1ccc(C)cc1. The van der Waals surface area contributed by atoms with Crippen molar-refractivity contribution in [2.45, 2.75) is 43.5 Å². The molecule has 19 heavy (non-hydrogen) atoms. The average molecular weight is 277 g/mol. The average Bonchev–Trinajstić information content (AvgIpc) is 2.88. The molecule has 4 heteroatoms. The zero-order valence-corrected chi connectivity index (χ0v) is 12.0. The van der Waals surface area contributed by atoms with Crippen molar-refractivity contribution in [2.75, 3.05) is 0 Å². The molecule has 1 aliphatic carbocycles. The lowest BCUT2D eigenvalue weighted by atomic mass is 10.0. The first-order valence-corrected chi connectivity index (χ1v) is 8.23. The molecule has 0 N–H and O–H groups in total. The molecule has 1 saturated carbocycles. The Hall–Kier alpha value is -1.29. The Balaban J connectivity index is 2.00. The van der Waals surface area contributed by atoms with Crippen LogP contribution in [0.3, 0.4) is 0 Å². The predicted molar refractivity (Wildman–Crippen MR) is 75.1 cm³/mol. The van der Waals surface area contributed by atoms with E-state index in [1.165, 1.54) is 0 Å². The van der Waals surface area contributed by atoms with Crippen LogP contribution >= 0.6 is 0 Å². The number of aryl methyl sites for hydroxylation is 1. The Morgan fingerprint density at radius 1 is 1.21 bits per heavy atom. The monoisotopic (exact) mass is 277 g/mol. The van der Waals surface area contributed by atoms with Gasteiger partial charge in [-0.1, -0.05) is 30.7 Å². The minimum atomic E-state index is -3.43. The number of allylic oxidation sites excluding steroid dienone is 1. The molecule has 0 spiro atoms. The van der Waals surface area contributed by atoms with Gasteiger partial charge in [-0.25, -0.2) is 8.42 Å². The molecule has 1 saturated heterocycles. The van der Waals surface area contributed by atoms with Gasteiger partial charge in [0.15, 0.2) is 0 Å². The second-order valence-corrected chi connectivity index (χ2v) is 7.46. The van der Waals surface area contributed by atoms with Gasteiger partial charge in [-0.2, -0.15) is 0 Å². The minimum absolute atomic E-state index is 0.138. The number of nitrogens with zero attached hydrogens (tertiary/aromatic N) is 1. The van der Waals surface area contributed by atoms with E-state index in [1.54, 1.807) is 16.4 Å². The Labute approximate surface area is 115 Å². The molecule has 2 atom stereocenters. The van der Waals surface area contributed by atoms with Crippen LogP contribution in [0.4, 0.5) is 0 Å². The van der Waals surface area contributed by atoms with Gasteiger partial charge in [-0.15, -0.1) is 0 Å². The van der Waals surface area contributed by atoms with Crippen LogP contribution in [-0.4, -0.2) is 18.8 Å². The molecule has 2 fully saturated rings. The first-order chi connectivity index (χ1) is 9.00. The molecule has 3 nitrogen and oxygen atoms in total. The van der Waals surface area contributed by atoms with Crippen LogP contribution in [0.2, 0.25) is 0 Å². The van der Waals surface area contributed by atoms with Crippen LogP contribution in [-0.2, 0) is 10.0 Å². The van der Waals surface area contributed by atoms with Crippen LogP contribution in [0.5, 0.6) is 0 Å². The maximum atomic E-state index is 12.8. The lowest BCUT2D eigenvalue weighted by molar-refractivity contribution is 0.388. The van der Waals surface area contributed by atoms with E-state index in [0.29, 0.717) is 10.8 Å². The van der Waals surface area contributed by atoms with E-state index in [0.717, 1.165) is 36.9 Å². The van der Waals surface area contributed by atoms with Gasteiger partial charge in [0.1, 0.15) is 0 Å². The largest absolute Gasteiger partial charge is 0.267 e. The maximum Gasteiger partial charge on any atom is 0.264 e. The summed E-state index contributed by atoms with van der Waals surface area (Å²) in [4.78, 5) is 0.381. The van der Waals surface area contributed by atoms with E-state index < -0.39 is 10.0 Å². The number of hydrogen-bond acceptors (Lipinski definition) is 2. The fraction of sp³-hybridized carbons (Fsp3) is 0.467. The van der Waals surface area contributed by atoms with Gasteiger partial charge in [-0.3, -0.25) is 4.31 Å². The Bertz CT molecular complexity index is 604. The van der Waals surface area contributed by atoms with Gasteiger partial charge >= 0.3 is 0 Å². The van der Waals surface area contributed by atoms with Crippen molar-refractivity contribution in [3.05, 3.63) is 42.1 Å². The van der Waals surface area contributed by atoms with Gasteiger partial charge in [0.25, 0.3) is 10.0 Å². The summed E-state index contributed by atoms with van der Waals surface area (Å²) in [5.74, 6) is 0.479. The summed E-state index contributed by atoms with van der Waals surface area (Å²) in [7, 11) is -3.43. The molecule has 0 aromatic heterocycles. The van der Waals surface area contributed by atoms with Crippen LogP contribution in [0.1, 0.15) is 31.2 Å². The molecular formula is C15H19NO2S. The van der Waals surface area contributed by atoms with Gasteiger partial charge in [-0.05, 0) is 44.2 Å². The number of rotatable bonds is 2. The number of fused-ring (bicyclic) bond motifs is 1. The van der Waals surface area contributed by atoms with Crippen molar-refractivity contribution in [1.82, 2.24) is 4.31 Å². The zero-order chi connectivity index (χ0) is 13.6. The van der Waals surface area contributed by atoms with Crippen LogP contribution in [0, 0.1) is 12.8 Å². The predicted octanol–water partition coefficient (Wildman–Crippen LogP) is 3.07. The standard InChI is InChI=1S/C15H19NO2S/c1-11-6-8-14(9-7-11)19(17,18)16-12(2)10-13-4-3-5-15(13)16/h6-9,13,15H,2-5,10H2,1H3. The van der Waals surface area contributed by atoms with E-state index in [-0.39, 0.29) is 6.04 Å². The first-order valence-electron chi connectivity index (χ1n) is 6.79. The zero-order valence-electron chi connectivity index (χ0n) is 11.2. The second-order valence-electron chi connectivity index (χ2n) is 5.64. The van der Waals surface area contributed by atoms with Gasteiger partial charge in [0.2, 0.25) is 0 Å². The van der Waals surface area contributed by atoms with Crippen LogP contribution in [0.15, 0.2) is 41.4 Å². The first kappa shape index (κ1) is 12.7. The number of hydrogen-bond donors (Lipinski definition) is 0. The lowest BCUT2D eigenvalue weighted by Crippen LogP contribution is -2.34. The fourth-order valence-electron chi connectivity index (χ4n) is 3.36. The highest BCUT2D eigenvalue weighted by Crippen LogP contribution is 2.45. The third-order valence-electron chi connectivity index (χ3n) is 4.31. The highest BCUT2D eigenvalue weighted by molar-refractivity contribution is 7.89. The van der Waals surface area contributed by atoms with E-state index >= 15 is 0 Å². The molecule has 2 aliphatic rings. The van der Waals surface area contributed by atoms with Crippen molar-refractivity contribution >= 4 is 10.0 Å². The molecular weight excluding hydrogens is 258 g/mol. The maximum absolute atomic E-state index is 12.8. The van der Waals surface area contributed by atoms with Gasteiger partial charge in [0.05, 0.1) is 4.90 Å². The van der Waals surface area contributed by atoms with Crippen molar-refractivity contribution in [1.29, 1.82) is 0 Å². The summed E-state index contributed by atoms with van der Waals surface area (Å²) >= 11 is 0. The molecule has 3 rings (SSSR count). The fourth-order valence-corrected chi connectivity index (χ4v) is 5.12. The molecule has 1 aromatic rings. The van der Waals surface area contributed by atoms with Gasteiger partial charge in [0, 0.05) is 11.7 Å². The van der Waals surface area contributed by atoms with E-state index in [2.05, 4.69) is 6.58 Å². The van der Waals surface area contributed by atoms with E-state index in [1.807, 2.05) is 19.1 Å². The van der Waals surface area contributed by atoms with E-state index in [4.69, 9.17) is 0 Å². The van der Waals surface area contributed by atoms with Crippen molar-refractivity contribution in [2.24, 2.45) is 5.92 Å². The molecule has 0 bridgehead atoms. The quantitative estimate of drug-likeness (QED) is 0.833. The number of benzene rings is 1. The summed E-state index contributed by atoms with van der Waals surface area (Å²) in [5, 5.41) is 0. The Morgan fingerprint density at radius 2 is 1.89 bits per heavy atom. The van der Waals surface area contributed by atoms with Crippen molar-refractivity contribution < 1.29 is 8.42 Å². The summed E-state index contributed by atoms with van der Waals surface area (Å²) < 4.78 is 27.1. The summed E-state index contributed by atoms with van der Waals surface area (Å²) in [6.07, 6.45) is 4.05. The molecule has 0 radical (unpaired) electrons.